The Morgan fingerprint density at radius 2 is 1.28 bits per heavy atom. The van der Waals surface area contributed by atoms with Crippen LogP contribution in [0.2, 0.25) is 41.8 Å². The van der Waals surface area contributed by atoms with Crippen LogP contribution in [0.3, 0.4) is 0 Å². The van der Waals surface area contributed by atoms with Crippen LogP contribution in [0.15, 0.2) is 0 Å². The van der Waals surface area contributed by atoms with Gasteiger partial charge in [-0.25, -0.2) is 22.0 Å². The Balaban J connectivity index is 2.72. The highest BCUT2D eigenvalue weighted by Gasteiger charge is 2.44. The van der Waals surface area contributed by atoms with Crippen molar-refractivity contribution in [2.75, 3.05) is 0 Å². The maximum absolute atomic E-state index is 15.2. The zero-order valence-corrected chi connectivity index (χ0v) is 24.3. The largest absolute Gasteiger partial charge is 0.541 e. The van der Waals surface area contributed by atoms with E-state index >= 15 is 4.39 Å². The molecule has 0 saturated heterocycles. The maximum atomic E-state index is 15.2. The quantitative estimate of drug-likeness (QED) is 0.0749. The summed E-state index contributed by atoms with van der Waals surface area (Å²) in [5.74, 6) is -11.7. The SMILES string of the molecule is CCCCCC[Si](CC[Si](CC)(CC)CC)(Oc1c(F)c(F)c(F)c2c(F)c(F)[c]c(F)c12)C(C)C. The lowest BCUT2D eigenvalue weighted by Gasteiger charge is -2.39. The zero-order valence-electron chi connectivity index (χ0n) is 22.3. The summed E-state index contributed by atoms with van der Waals surface area (Å²) in [6.45, 7) is 12.6. The molecule has 0 spiro atoms. The molecule has 0 saturated carbocycles. The molecule has 203 valence electrons. The fraction of sp³-hybridized carbons (Fsp3) is 0.630. The van der Waals surface area contributed by atoms with Crippen LogP contribution in [0.4, 0.5) is 26.3 Å². The summed E-state index contributed by atoms with van der Waals surface area (Å²) >= 11 is 0. The molecule has 2 aromatic rings. The number of rotatable bonds is 14. The molecule has 0 aliphatic rings. The van der Waals surface area contributed by atoms with Crippen LogP contribution in [0.5, 0.6) is 5.75 Å². The van der Waals surface area contributed by atoms with E-state index < -0.39 is 67.8 Å². The molecule has 0 heterocycles. The van der Waals surface area contributed by atoms with Gasteiger partial charge < -0.3 is 4.43 Å². The van der Waals surface area contributed by atoms with E-state index in [4.69, 9.17) is 4.43 Å². The third-order valence-electron chi connectivity index (χ3n) is 8.27. The number of unbranched alkanes of at least 4 members (excludes halogenated alkanes) is 3. The van der Waals surface area contributed by atoms with E-state index in [-0.39, 0.29) is 5.54 Å². The van der Waals surface area contributed by atoms with E-state index in [1.807, 2.05) is 13.8 Å². The number of hydrogen-bond acceptors (Lipinski definition) is 1. The number of halogens is 6. The molecule has 1 nitrogen and oxygen atoms in total. The first kappa shape index (κ1) is 30.7. The van der Waals surface area contributed by atoms with Gasteiger partial charge in [0.15, 0.2) is 29.0 Å². The fourth-order valence-corrected chi connectivity index (χ4v) is 14.9. The van der Waals surface area contributed by atoms with E-state index in [0.717, 1.165) is 49.9 Å². The van der Waals surface area contributed by atoms with E-state index in [9.17, 15) is 22.0 Å². The Bertz CT molecular complexity index is 1030. The summed E-state index contributed by atoms with van der Waals surface area (Å²) in [5.41, 5.74) is -0.0590. The van der Waals surface area contributed by atoms with Gasteiger partial charge in [0.05, 0.1) is 24.9 Å². The summed E-state index contributed by atoms with van der Waals surface area (Å²) in [6, 6.07) is 6.98. The first-order valence-electron chi connectivity index (χ1n) is 13.2. The summed E-state index contributed by atoms with van der Waals surface area (Å²) in [5, 5.41) is -2.21. The smallest absolute Gasteiger partial charge is 0.253 e. The molecule has 2 rings (SSSR count). The highest BCUT2D eigenvalue weighted by Crippen LogP contribution is 2.44. The second-order valence-electron chi connectivity index (χ2n) is 10.3. The van der Waals surface area contributed by atoms with Crippen LogP contribution in [-0.2, 0) is 0 Å². The lowest BCUT2D eigenvalue weighted by molar-refractivity contribution is 0.408. The van der Waals surface area contributed by atoms with Crippen LogP contribution in [0.25, 0.3) is 10.8 Å². The van der Waals surface area contributed by atoms with Crippen molar-refractivity contribution < 1.29 is 30.8 Å². The van der Waals surface area contributed by atoms with Crippen LogP contribution >= 0.6 is 0 Å². The van der Waals surface area contributed by atoms with Crippen molar-refractivity contribution >= 4 is 27.2 Å². The van der Waals surface area contributed by atoms with Gasteiger partial charge in [-0.05, 0) is 17.6 Å². The molecule has 1 radical (unpaired) electrons. The van der Waals surface area contributed by atoms with Gasteiger partial charge >= 0.3 is 0 Å². The molecular formula is C27H39F6OSi2. The van der Waals surface area contributed by atoms with Gasteiger partial charge in [0.1, 0.15) is 5.82 Å². The first-order valence-corrected chi connectivity index (χ1v) is 18.4. The third kappa shape index (κ3) is 6.14. The number of hydrogen-bond donors (Lipinski definition) is 0. The minimum absolute atomic E-state index is 0.0590. The number of benzene rings is 2. The van der Waals surface area contributed by atoms with Crippen molar-refractivity contribution in [3.05, 3.63) is 41.0 Å². The highest BCUT2D eigenvalue weighted by molar-refractivity contribution is 6.83. The van der Waals surface area contributed by atoms with Crippen molar-refractivity contribution in [3.8, 4) is 5.75 Å². The topological polar surface area (TPSA) is 9.23 Å². The van der Waals surface area contributed by atoms with Gasteiger partial charge in [0, 0.05) is 0 Å². The van der Waals surface area contributed by atoms with Crippen LogP contribution in [0, 0.1) is 41.0 Å². The standard InChI is InChI=1S/C27H39F6OSi2/c1-7-11-12-13-14-36(18(5)6,16-15-35(8-2,9-3)10-4)34-27-21-19(28)17-20(29)23(30)22(21)24(31)25(32)26(27)33/h18H,7-16H2,1-6H3. The Labute approximate surface area is 213 Å². The molecule has 0 aliphatic heterocycles. The monoisotopic (exact) mass is 549 g/mol. The first-order chi connectivity index (χ1) is 16.9. The minimum atomic E-state index is -2.96. The van der Waals surface area contributed by atoms with Crippen LogP contribution < -0.4 is 4.43 Å². The lowest BCUT2D eigenvalue weighted by atomic mass is 10.1. The second-order valence-corrected chi connectivity index (χ2v) is 20.4. The van der Waals surface area contributed by atoms with Crippen molar-refractivity contribution in [1.82, 2.24) is 0 Å². The Morgan fingerprint density at radius 3 is 1.81 bits per heavy atom. The average molecular weight is 550 g/mol. The maximum Gasteiger partial charge on any atom is 0.253 e. The summed E-state index contributed by atoms with van der Waals surface area (Å²) in [4.78, 5) is 0. The van der Waals surface area contributed by atoms with Gasteiger partial charge in [-0.2, -0.15) is 4.39 Å². The van der Waals surface area contributed by atoms with Crippen molar-refractivity contribution in [2.24, 2.45) is 0 Å². The predicted molar refractivity (Wildman–Crippen MR) is 140 cm³/mol. The second kappa shape index (κ2) is 12.8. The average Bonchev–Trinajstić information content (AvgIpc) is 2.86. The fourth-order valence-electron chi connectivity index (χ4n) is 5.21. The summed E-state index contributed by atoms with van der Waals surface area (Å²) < 4.78 is 93.9. The van der Waals surface area contributed by atoms with Gasteiger partial charge in [0.2, 0.25) is 5.82 Å². The van der Waals surface area contributed by atoms with Crippen molar-refractivity contribution in [2.45, 2.75) is 109 Å². The molecule has 1 unspecified atom stereocenters. The Hall–Kier alpha value is -1.49. The molecule has 0 aliphatic carbocycles. The van der Waals surface area contributed by atoms with Crippen molar-refractivity contribution in [3.63, 3.8) is 0 Å². The number of fused-ring (bicyclic) bond motifs is 1. The van der Waals surface area contributed by atoms with E-state index in [1.165, 1.54) is 6.07 Å². The molecular weight excluding hydrogens is 510 g/mol. The molecule has 0 fully saturated rings. The molecule has 0 amide bonds. The molecule has 1 atom stereocenters. The van der Waals surface area contributed by atoms with Crippen LogP contribution in [-0.4, -0.2) is 16.4 Å². The van der Waals surface area contributed by atoms with E-state index in [0.29, 0.717) is 12.1 Å². The normalized spacial score (nSPS) is 14.0. The predicted octanol–water partition coefficient (Wildman–Crippen LogP) is 10.3. The van der Waals surface area contributed by atoms with Gasteiger partial charge in [-0.3, -0.25) is 0 Å². The molecule has 2 aromatic carbocycles. The minimum Gasteiger partial charge on any atom is -0.541 e. The zero-order chi connectivity index (χ0) is 27.3. The molecule has 9 heteroatoms. The Morgan fingerprint density at radius 1 is 0.667 bits per heavy atom. The van der Waals surface area contributed by atoms with Gasteiger partial charge in [-0.1, -0.05) is 91.4 Å². The van der Waals surface area contributed by atoms with Gasteiger partial charge in [0.25, 0.3) is 8.32 Å². The van der Waals surface area contributed by atoms with E-state index in [1.54, 1.807) is 0 Å². The molecule has 36 heavy (non-hydrogen) atoms. The summed E-state index contributed by atoms with van der Waals surface area (Å²) in [7, 11) is -4.58. The molecule has 0 bridgehead atoms. The Kier molecular flexibility index (Phi) is 11.0. The highest BCUT2D eigenvalue weighted by atomic mass is 28.4. The molecule has 0 aromatic heterocycles. The molecule has 0 N–H and O–H groups in total. The van der Waals surface area contributed by atoms with Crippen LogP contribution in [0.1, 0.15) is 67.2 Å². The van der Waals surface area contributed by atoms with Crippen molar-refractivity contribution in [1.29, 1.82) is 0 Å². The van der Waals surface area contributed by atoms with Gasteiger partial charge in [-0.15, -0.1) is 0 Å². The van der Waals surface area contributed by atoms with E-state index in [2.05, 4.69) is 27.7 Å². The lowest BCUT2D eigenvalue weighted by Crippen LogP contribution is -2.47. The third-order valence-corrected chi connectivity index (χ3v) is 19.6. The summed E-state index contributed by atoms with van der Waals surface area (Å²) in [6.07, 6.45) is 3.76.